The number of furan rings is 1. The molecule has 2 aromatic heterocycles. The molecule has 0 bridgehead atoms. The van der Waals surface area contributed by atoms with Gasteiger partial charge in [0, 0.05) is 19.8 Å². The third-order valence-electron chi connectivity index (χ3n) is 2.69. The zero-order valence-electron chi connectivity index (χ0n) is 11.0. The van der Waals surface area contributed by atoms with Gasteiger partial charge in [0.25, 0.3) is 5.91 Å². The molecule has 2 aromatic rings. The number of carbonyl (C=O) groups is 1. The summed E-state index contributed by atoms with van der Waals surface area (Å²) in [5.74, 6) is 0.494. The number of nitrogens with one attached hydrogen (secondary N) is 1. The van der Waals surface area contributed by atoms with Gasteiger partial charge < -0.3 is 24.1 Å². The molecule has 0 spiro atoms. The number of amides is 1. The lowest BCUT2D eigenvalue weighted by atomic mass is 10.2. The minimum Gasteiger partial charge on any atom is -0.461 e. The van der Waals surface area contributed by atoms with Crippen LogP contribution in [0.15, 0.2) is 33.4 Å². The standard InChI is InChI=1S/C13H16N2O5/c1-18-8-9(4-5-16)14-13(17)10-7-12(20-15-10)11-3-2-6-19-11/h2-3,6-7,9,16H,4-5,8H2,1H3,(H,14,17). The molecule has 1 atom stereocenters. The van der Waals surface area contributed by atoms with Crippen LogP contribution >= 0.6 is 0 Å². The summed E-state index contributed by atoms with van der Waals surface area (Å²) >= 11 is 0. The largest absolute Gasteiger partial charge is 0.461 e. The molecule has 1 unspecified atom stereocenters. The normalized spacial score (nSPS) is 12.3. The highest BCUT2D eigenvalue weighted by molar-refractivity contribution is 5.93. The van der Waals surface area contributed by atoms with E-state index in [-0.39, 0.29) is 24.2 Å². The summed E-state index contributed by atoms with van der Waals surface area (Å²) in [5, 5.41) is 15.3. The van der Waals surface area contributed by atoms with Crippen molar-refractivity contribution < 1.29 is 23.6 Å². The number of rotatable bonds is 7. The van der Waals surface area contributed by atoms with Crippen LogP contribution in [-0.4, -0.2) is 42.5 Å². The number of nitrogens with zero attached hydrogens (tertiary/aromatic N) is 1. The first-order chi connectivity index (χ1) is 9.74. The lowest BCUT2D eigenvalue weighted by molar-refractivity contribution is 0.0870. The highest BCUT2D eigenvalue weighted by Crippen LogP contribution is 2.20. The number of hydrogen-bond acceptors (Lipinski definition) is 6. The molecule has 0 aromatic carbocycles. The van der Waals surface area contributed by atoms with Gasteiger partial charge in [-0.15, -0.1) is 0 Å². The first-order valence-electron chi connectivity index (χ1n) is 6.16. The summed E-state index contributed by atoms with van der Waals surface area (Å²) < 4.78 is 15.2. The van der Waals surface area contributed by atoms with Gasteiger partial charge in [-0.3, -0.25) is 4.79 Å². The SMILES string of the molecule is COCC(CCO)NC(=O)c1cc(-c2ccco2)on1. The van der Waals surface area contributed by atoms with E-state index in [0.29, 0.717) is 24.5 Å². The van der Waals surface area contributed by atoms with Gasteiger partial charge in [0.2, 0.25) is 5.76 Å². The minimum atomic E-state index is -0.387. The maximum atomic E-state index is 12.0. The van der Waals surface area contributed by atoms with Crippen molar-refractivity contribution in [2.45, 2.75) is 12.5 Å². The molecule has 0 radical (unpaired) electrons. The van der Waals surface area contributed by atoms with Gasteiger partial charge in [-0.25, -0.2) is 0 Å². The molecular formula is C13H16N2O5. The van der Waals surface area contributed by atoms with Gasteiger partial charge in [-0.1, -0.05) is 5.16 Å². The topological polar surface area (TPSA) is 97.7 Å². The molecule has 2 N–H and O–H groups in total. The molecule has 7 heteroatoms. The zero-order chi connectivity index (χ0) is 14.4. The number of methoxy groups -OCH3 is 1. The first-order valence-corrected chi connectivity index (χ1v) is 6.16. The van der Waals surface area contributed by atoms with Crippen LogP contribution in [0.1, 0.15) is 16.9 Å². The fourth-order valence-corrected chi connectivity index (χ4v) is 1.73. The fourth-order valence-electron chi connectivity index (χ4n) is 1.73. The van der Waals surface area contributed by atoms with E-state index in [1.165, 1.54) is 19.4 Å². The molecule has 0 saturated heterocycles. The predicted molar refractivity (Wildman–Crippen MR) is 69.0 cm³/mol. The minimum absolute atomic E-state index is 0.0369. The maximum absolute atomic E-state index is 12.0. The van der Waals surface area contributed by atoms with Gasteiger partial charge in [0.15, 0.2) is 11.5 Å². The molecule has 0 aliphatic carbocycles. The molecule has 0 aliphatic heterocycles. The quantitative estimate of drug-likeness (QED) is 0.787. The second-order valence-electron chi connectivity index (χ2n) is 4.19. The summed E-state index contributed by atoms with van der Waals surface area (Å²) in [7, 11) is 1.53. The second-order valence-corrected chi connectivity index (χ2v) is 4.19. The lowest BCUT2D eigenvalue weighted by Crippen LogP contribution is -2.38. The molecule has 2 heterocycles. The molecule has 2 rings (SSSR count). The van der Waals surface area contributed by atoms with E-state index in [0.717, 1.165) is 0 Å². The smallest absolute Gasteiger partial charge is 0.273 e. The molecule has 0 fully saturated rings. The van der Waals surface area contributed by atoms with Gasteiger partial charge in [0.05, 0.1) is 18.9 Å². The molecule has 20 heavy (non-hydrogen) atoms. The monoisotopic (exact) mass is 280 g/mol. The van der Waals surface area contributed by atoms with E-state index in [1.54, 1.807) is 12.1 Å². The van der Waals surface area contributed by atoms with Crippen LogP contribution in [0.4, 0.5) is 0 Å². The van der Waals surface area contributed by atoms with Crippen molar-refractivity contribution in [2.24, 2.45) is 0 Å². The molecule has 108 valence electrons. The van der Waals surface area contributed by atoms with E-state index in [9.17, 15) is 4.79 Å². The van der Waals surface area contributed by atoms with E-state index in [4.69, 9.17) is 18.8 Å². The highest BCUT2D eigenvalue weighted by Gasteiger charge is 2.18. The molecular weight excluding hydrogens is 264 g/mol. The predicted octanol–water partition coefficient (Wildman–Crippen LogP) is 1.06. The average Bonchev–Trinajstić information content (AvgIpc) is 3.10. The number of carbonyl (C=O) groups excluding carboxylic acids is 1. The van der Waals surface area contributed by atoms with Crippen molar-refractivity contribution in [3.05, 3.63) is 30.2 Å². The Balaban J connectivity index is 2.02. The van der Waals surface area contributed by atoms with Crippen LogP contribution in [0.5, 0.6) is 0 Å². The van der Waals surface area contributed by atoms with Crippen molar-refractivity contribution in [2.75, 3.05) is 20.3 Å². The van der Waals surface area contributed by atoms with E-state index < -0.39 is 0 Å². The summed E-state index contributed by atoms with van der Waals surface area (Å²) in [6.45, 7) is 0.278. The van der Waals surface area contributed by atoms with E-state index in [2.05, 4.69) is 10.5 Å². The first kappa shape index (κ1) is 14.3. The Morgan fingerprint density at radius 1 is 1.55 bits per heavy atom. The molecule has 7 nitrogen and oxygen atoms in total. The molecule has 0 aliphatic rings. The number of hydrogen-bond donors (Lipinski definition) is 2. The zero-order valence-corrected chi connectivity index (χ0v) is 11.0. The van der Waals surface area contributed by atoms with Gasteiger partial charge >= 0.3 is 0 Å². The summed E-state index contributed by atoms with van der Waals surface area (Å²) in [6.07, 6.45) is 1.91. The Kier molecular flexibility index (Phi) is 4.91. The Hall–Kier alpha value is -2.12. The van der Waals surface area contributed by atoms with Gasteiger partial charge in [-0.2, -0.15) is 0 Å². The van der Waals surface area contributed by atoms with Crippen LogP contribution in [0, 0.1) is 0 Å². The second kappa shape index (κ2) is 6.88. The number of aliphatic hydroxyl groups is 1. The lowest BCUT2D eigenvalue weighted by Gasteiger charge is -2.15. The average molecular weight is 280 g/mol. The summed E-state index contributed by atoms with van der Waals surface area (Å²) in [5.41, 5.74) is 0.149. The Labute approximate surface area is 115 Å². The van der Waals surface area contributed by atoms with Crippen molar-refractivity contribution in [3.8, 4) is 11.5 Å². The third kappa shape index (κ3) is 3.46. The summed E-state index contributed by atoms with van der Waals surface area (Å²) in [6, 6.07) is 4.65. The highest BCUT2D eigenvalue weighted by atomic mass is 16.5. The Morgan fingerprint density at radius 2 is 2.40 bits per heavy atom. The fraction of sp³-hybridized carbons (Fsp3) is 0.385. The van der Waals surface area contributed by atoms with Crippen molar-refractivity contribution in [3.63, 3.8) is 0 Å². The van der Waals surface area contributed by atoms with Gasteiger partial charge in [-0.05, 0) is 18.6 Å². The van der Waals surface area contributed by atoms with Crippen LogP contribution < -0.4 is 5.32 Å². The van der Waals surface area contributed by atoms with Crippen molar-refractivity contribution in [1.29, 1.82) is 0 Å². The van der Waals surface area contributed by atoms with Gasteiger partial charge in [0.1, 0.15) is 0 Å². The van der Waals surface area contributed by atoms with Crippen LogP contribution in [-0.2, 0) is 4.74 Å². The molecule has 0 saturated carbocycles. The van der Waals surface area contributed by atoms with E-state index >= 15 is 0 Å². The number of ether oxygens (including phenoxy) is 1. The Morgan fingerprint density at radius 3 is 3.05 bits per heavy atom. The number of aromatic nitrogens is 1. The Bertz CT molecular complexity index is 529. The third-order valence-corrected chi connectivity index (χ3v) is 2.69. The van der Waals surface area contributed by atoms with Crippen molar-refractivity contribution >= 4 is 5.91 Å². The summed E-state index contributed by atoms with van der Waals surface area (Å²) in [4.78, 5) is 12.0. The van der Waals surface area contributed by atoms with E-state index in [1.807, 2.05) is 0 Å². The van der Waals surface area contributed by atoms with Crippen LogP contribution in [0.3, 0.4) is 0 Å². The maximum Gasteiger partial charge on any atom is 0.273 e. The molecule has 1 amide bonds. The van der Waals surface area contributed by atoms with Crippen LogP contribution in [0.25, 0.3) is 11.5 Å². The van der Waals surface area contributed by atoms with Crippen LogP contribution in [0.2, 0.25) is 0 Å². The number of aliphatic hydroxyl groups excluding tert-OH is 1. The van der Waals surface area contributed by atoms with Crippen molar-refractivity contribution in [1.82, 2.24) is 10.5 Å².